The molecule has 0 unspecified atom stereocenters. The first-order chi connectivity index (χ1) is 4.57. The van der Waals surface area contributed by atoms with Crippen LogP contribution in [0, 0.1) is 0 Å². The van der Waals surface area contributed by atoms with E-state index >= 15 is 0 Å². The molecule has 0 aromatic heterocycles. The molecule has 0 spiro atoms. The second-order valence-corrected chi connectivity index (χ2v) is 1.69. The molecule has 0 aromatic carbocycles. The molecule has 0 heterocycles. The van der Waals surface area contributed by atoms with Gasteiger partial charge in [0.05, 0.1) is 0 Å². The third-order valence-corrected chi connectivity index (χ3v) is 0.928. The molecule has 0 fully saturated rings. The summed E-state index contributed by atoms with van der Waals surface area (Å²) in [4.78, 5) is 10.5. The zero-order valence-electron chi connectivity index (χ0n) is 5.70. The summed E-state index contributed by atoms with van der Waals surface area (Å²) in [6.07, 6.45) is 0.436. The fourth-order valence-electron chi connectivity index (χ4n) is 0.323. The lowest BCUT2D eigenvalue weighted by Crippen LogP contribution is -2.17. The van der Waals surface area contributed by atoms with Crippen LogP contribution in [-0.4, -0.2) is 22.7 Å². The number of carbonyl (C=O) groups is 1. The molecular weight excluding hydrogens is 136 g/mol. The normalized spacial score (nSPS) is 9.60. The maximum atomic E-state index is 10.5. The molecule has 0 saturated heterocycles. The molecule has 0 atom stereocenters. The summed E-state index contributed by atoms with van der Waals surface area (Å²) in [6, 6.07) is 0. The van der Waals surface area contributed by atoms with Crippen molar-refractivity contribution in [3.05, 3.63) is 12.2 Å². The van der Waals surface area contributed by atoms with Crippen LogP contribution in [0.2, 0.25) is 0 Å². The van der Waals surface area contributed by atoms with Crippen LogP contribution in [0.4, 0.5) is 0 Å². The number of aliphatic hydroxyl groups excluding tert-OH is 1. The smallest absolute Gasteiger partial charge is 0.337 e. The van der Waals surface area contributed by atoms with Crippen LogP contribution in [0.15, 0.2) is 12.2 Å². The molecule has 0 bridgehead atoms. The lowest BCUT2D eigenvalue weighted by molar-refractivity contribution is -0.226. The van der Waals surface area contributed by atoms with Gasteiger partial charge in [-0.2, -0.15) is 0 Å². The van der Waals surface area contributed by atoms with E-state index in [0.29, 0.717) is 6.42 Å². The zero-order chi connectivity index (χ0) is 8.15. The molecule has 0 radical (unpaired) electrons. The monoisotopic (exact) mass is 146 g/mol. The van der Waals surface area contributed by atoms with Crippen molar-refractivity contribution in [1.29, 1.82) is 0 Å². The van der Waals surface area contributed by atoms with Gasteiger partial charge in [-0.15, -0.1) is 0 Å². The minimum Gasteiger partial charge on any atom is -0.407 e. The summed E-state index contributed by atoms with van der Waals surface area (Å²) in [7, 11) is 0. The van der Waals surface area contributed by atoms with E-state index in [0.717, 1.165) is 0 Å². The Balaban J connectivity index is 3.74. The minimum atomic E-state index is -2.05. The lowest BCUT2D eigenvalue weighted by Gasteiger charge is -2.05. The van der Waals surface area contributed by atoms with Crippen molar-refractivity contribution in [2.24, 2.45) is 0 Å². The lowest BCUT2D eigenvalue weighted by atomic mass is 10.2. The first kappa shape index (κ1) is 9.13. The molecule has 0 amide bonds. The van der Waals surface area contributed by atoms with Crippen molar-refractivity contribution < 1.29 is 19.7 Å². The number of rotatable bonds is 3. The number of hydrogen-bond acceptors (Lipinski definition) is 4. The van der Waals surface area contributed by atoms with Crippen molar-refractivity contribution in [3.8, 4) is 0 Å². The van der Waals surface area contributed by atoms with Gasteiger partial charge in [0, 0.05) is 5.57 Å². The van der Waals surface area contributed by atoms with Gasteiger partial charge >= 0.3 is 12.4 Å². The van der Waals surface area contributed by atoms with Crippen molar-refractivity contribution >= 4 is 5.97 Å². The fourth-order valence-corrected chi connectivity index (χ4v) is 0.323. The SMILES string of the molecule is C=C(CC)C(=O)OC(O)O. The number of carbonyl (C=O) groups excluding carboxylic acids is 1. The molecule has 0 aliphatic rings. The van der Waals surface area contributed by atoms with Crippen LogP contribution < -0.4 is 0 Å². The largest absolute Gasteiger partial charge is 0.407 e. The summed E-state index contributed by atoms with van der Waals surface area (Å²) >= 11 is 0. The van der Waals surface area contributed by atoms with Gasteiger partial charge in [-0.05, 0) is 6.42 Å². The molecule has 0 rings (SSSR count). The molecule has 0 aliphatic heterocycles. The number of ether oxygens (including phenoxy) is 1. The molecule has 0 saturated carbocycles. The summed E-state index contributed by atoms with van der Waals surface area (Å²) in [5.74, 6) is -0.780. The Morgan fingerprint density at radius 2 is 2.20 bits per heavy atom. The van der Waals surface area contributed by atoms with Gasteiger partial charge in [0.25, 0.3) is 0 Å². The highest BCUT2D eigenvalue weighted by atomic mass is 16.7. The maximum absolute atomic E-state index is 10.5. The van der Waals surface area contributed by atoms with Crippen LogP contribution in [0.3, 0.4) is 0 Å². The molecule has 10 heavy (non-hydrogen) atoms. The van der Waals surface area contributed by atoms with Crippen LogP contribution >= 0.6 is 0 Å². The van der Waals surface area contributed by atoms with E-state index in [1.807, 2.05) is 0 Å². The average molecular weight is 146 g/mol. The number of aliphatic hydroxyl groups is 2. The van der Waals surface area contributed by atoms with Gasteiger partial charge in [0.2, 0.25) is 0 Å². The molecule has 4 nitrogen and oxygen atoms in total. The van der Waals surface area contributed by atoms with E-state index in [-0.39, 0.29) is 5.57 Å². The van der Waals surface area contributed by atoms with E-state index in [1.54, 1.807) is 6.92 Å². The summed E-state index contributed by atoms with van der Waals surface area (Å²) in [5, 5.41) is 16.3. The third-order valence-electron chi connectivity index (χ3n) is 0.928. The van der Waals surface area contributed by atoms with Crippen molar-refractivity contribution in [2.75, 3.05) is 0 Å². The van der Waals surface area contributed by atoms with Gasteiger partial charge in [0.1, 0.15) is 0 Å². The zero-order valence-corrected chi connectivity index (χ0v) is 5.70. The Labute approximate surface area is 58.7 Å². The van der Waals surface area contributed by atoms with Crippen molar-refractivity contribution in [3.63, 3.8) is 0 Å². The second kappa shape index (κ2) is 4.03. The van der Waals surface area contributed by atoms with E-state index < -0.39 is 12.4 Å². The van der Waals surface area contributed by atoms with E-state index in [2.05, 4.69) is 11.3 Å². The molecule has 0 aliphatic carbocycles. The Kier molecular flexibility index (Phi) is 3.68. The van der Waals surface area contributed by atoms with E-state index in [1.165, 1.54) is 0 Å². The average Bonchev–Trinajstić information content (AvgIpc) is 1.85. The molecule has 58 valence electrons. The van der Waals surface area contributed by atoms with E-state index in [4.69, 9.17) is 10.2 Å². The Bertz CT molecular complexity index is 139. The Hall–Kier alpha value is -0.870. The van der Waals surface area contributed by atoms with Crippen LogP contribution in [0.5, 0.6) is 0 Å². The molecule has 2 N–H and O–H groups in total. The quantitative estimate of drug-likeness (QED) is 0.327. The van der Waals surface area contributed by atoms with Crippen molar-refractivity contribution in [2.45, 2.75) is 19.8 Å². The van der Waals surface area contributed by atoms with Gasteiger partial charge in [-0.25, -0.2) is 4.79 Å². The van der Waals surface area contributed by atoms with Crippen LogP contribution in [-0.2, 0) is 9.53 Å². The Morgan fingerprint density at radius 3 is 2.50 bits per heavy atom. The van der Waals surface area contributed by atoms with Crippen molar-refractivity contribution in [1.82, 2.24) is 0 Å². The maximum Gasteiger partial charge on any atom is 0.337 e. The van der Waals surface area contributed by atoms with Gasteiger partial charge < -0.3 is 14.9 Å². The van der Waals surface area contributed by atoms with E-state index in [9.17, 15) is 4.79 Å². The minimum absolute atomic E-state index is 0.216. The Morgan fingerprint density at radius 1 is 1.70 bits per heavy atom. The third kappa shape index (κ3) is 3.21. The molecule has 0 aromatic rings. The second-order valence-electron chi connectivity index (χ2n) is 1.69. The van der Waals surface area contributed by atoms with Gasteiger partial charge in [-0.1, -0.05) is 13.5 Å². The highest BCUT2D eigenvalue weighted by Crippen LogP contribution is 1.99. The van der Waals surface area contributed by atoms with Crippen LogP contribution in [0.1, 0.15) is 13.3 Å². The van der Waals surface area contributed by atoms with Crippen LogP contribution in [0.25, 0.3) is 0 Å². The van der Waals surface area contributed by atoms with Gasteiger partial charge in [0.15, 0.2) is 0 Å². The highest BCUT2D eigenvalue weighted by molar-refractivity contribution is 5.87. The highest BCUT2D eigenvalue weighted by Gasteiger charge is 2.09. The molecular formula is C6H10O4. The molecule has 4 heteroatoms. The fraction of sp³-hybridized carbons (Fsp3) is 0.500. The predicted molar refractivity (Wildman–Crippen MR) is 33.7 cm³/mol. The topological polar surface area (TPSA) is 66.8 Å². The van der Waals surface area contributed by atoms with Gasteiger partial charge in [-0.3, -0.25) is 0 Å². The predicted octanol–water partition coefficient (Wildman–Crippen LogP) is -0.236. The summed E-state index contributed by atoms with van der Waals surface area (Å²) in [5.41, 5.74) is 0.216. The first-order valence-electron chi connectivity index (χ1n) is 2.82. The first-order valence-corrected chi connectivity index (χ1v) is 2.82. The number of esters is 1. The number of hydrogen-bond donors (Lipinski definition) is 2. The standard InChI is InChI=1S/C6H10O4/c1-3-4(2)5(7)10-6(8)9/h6,8-9H,2-3H2,1H3. The summed E-state index contributed by atoms with van der Waals surface area (Å²) in [6.45, 7) is 3.00. The summed E-state index contributed by atoms with van der Waals surface area (Å²) < 4.78 is 3.98.